The lowest BCUT2D eigenvalue weighted by Gasteiger charge is -2.28. The summed E-state index contributed by atoms with van der Waals surface area (Å²) >= 11 is 0. The van der Waals surface area contributed by atoms with E-state index < -0.39 is 29.8 Å². The van der Waals surface area contributed by atoms with Gasteiger partial charge in [0, 0.05) is 11.9 Å². The first kappa shape index (κ1) is 24.8. The van der Waals surface area contributed by atoms with Crippen molar-refractivity contribution < 1.29 is 23.1 Å². The number of alkyl halides is 3. The van der Waals surface area contributed by atoms with Gasteiger partial charge in [-0.05, 0) is 50.0 Å². The Balaban J connectivity index is 0.000000316. The number of aliphatic hydroxyl groups excluding tert-OH is 1. The van der Waals surface area contributed by atoms with Gasteiger partial charge in [0.25, 0.3) is 5.56 Å². The number of amides is 1. The van der Waals surface area contributed by atoms with Gasteiger partial charge in [0.15, 0.2) is 0 Å². The summed E-state index contributed by atoms with van der Waals surface area (Å²) in [7, 11) is 0. The van der Waals surface area contributed by atoms with Crippen molar-refractivity contribution in [3.05, 3.63) is 39.8 Å². The van der Waals surface area contributed by atoms with E-state index >= 15 is 0 Å². The van der Waals surface area contributed by atoms with E-state index in [4.69, 9.17) is 10.8 Å². The first-order valence-corrected chi connectivity index (χ1v) is 10.2. The second-order valence-electron chi connectivity index (χ2n) is 7.92. The number of hydrogen-bond acceptors (Lipinski definition) is 5. The lowest BCUT2D eigenvalue weighted by atomic mass is 10.0. The number of fused-ring (bicyclic) bond motifs is 1. The highest BCUT2D eigenvalue weighted by molar-refractivity contribution is 5.85. The minimum absolute atomic E-state index is 0.0568. The first-order valence-electron chi connectivity index (χ1n) is 10.2. The Morgan fingerprint density at radius 2 is 2.00 bits per heavy atom. The number of aliphatic hydroxyl groups is 1. The van der Waals surface area contributed by atoms with Gasteiger partial charge in [-0.1, -0.05) is 20.8 Å². The van der Waals surface area contributed by atoms with Gasteiger partial charge >= 0.3 is 6.18 Å². The van der Waals surface area contributed by atoms with E-state index in [9.17, 15) is 22.8 Å². The molecule has 172 valence electrons. The van der Waals surface area contributed by atoms with E-state index in [0.717, 1.165) is 48.8 Å². The number of rotatable bonds is 4. The van der Waals surface area contributed by atoms with Crippen molar-refractivity contribution in [2.75, 3.05) is 19.6 Å². The molecular weight excluding hydrogens is 413 g/mol. The number of primary amides is 1. The summed E-state index contributed by atoms with van der Waals surface area (Å²) in [6.07, 6.45) is -2.41. The number of benzene rings is 1. The number of halogens is 3. The molecule has 7 nitrogen and oxygen atoms in total. The fraction of sp³-hybridized carbons (Fsp3) is 0.571. The Kier molecular flexibility index (Phi) is 8.19. The minimum Gasteiger partial charge on any atom is -0.392 e. The second-order valence-corrected chi connectivity index (χ2v) is 7.92. The summed E-state index contributed by atoms with van der Waals surface area (Å²) in [6, 6.07) is 2.85. The maximum Gasteiger partial charge on any atom is 0.416 e. The monoisotopic (exact) mass is 442 g/mol. The van der Waals surface area contributed by atoms with Crippen LogP contribution in [0.4, 0.5) is 13.2 Å². The molecule has 1 aliphatic rings. The van der Waals surface area contributed by atoms with Crippen molar-refractivity contribution in [2.24, 2.45) is 5.73 Å². The first-order chi connectivity index (χ1) is 14.4. The highest BCUT2D eigenvalue weighted by Crippen LogP contribution is 2.32. The third-order valence-corrected chi connectivity index (χ3v) is 5.10. The van der Waals surface area contributed by atoms with Crippen molar-refractivity contribution in [1.29, 1.82) is 0 Å². The molecule has 1 unspecified atom stereocenters. The number of likely N-dealkylation sites (tertiary alicyclic amines) is 1. The Hall–Kier alpha value is -2.46. The van der Waals surface area contributed by atoms with Crippen molar-refractivity contribution in [1.82, 2.24) is 14.7 Å². The quantitative estimate of drug-likeness (QED) is 0.758. The molecule has 1 saturated heterocycles. The zero-order chi connectivity index (χ0) is 23.3. The topological polar surface area (TPSA) is 101 Å². The predicted octanol–water partition coefficient (Wildman–Crippen LogP) is 2.49. The van der Waals surface area contributed by atoms with E-state index in [-0.39, 0.29) is 22.8 Å². The second kappa shape index (κ2) is 10.2. The molecule has 1 atom stereocenters. The van der Waals surface area contributed by atoms with Gasteiger partial charge in [-0.3, -0.25) is 9.59 Å². The van der Waals surface area contributed by atoms with Crippen LogP contribution in [0.5, 0.6) is 0 Å². The van der Waals surface area contributed by atoms with Crippen LogP contribution in [0.2, 0.25) is 0 Å². The van der Waals surface area contributed by atoms with Gasteiger partial charge in [-0.2, -0.15) is 18.3 Å². The summed E-state index contributed by atoms with van der Waals surface area (Å²) in [5, 5.41) is 13.4. The van der Waals surface area contributed by atoms with Gasteiger partial charge < -0.3 is 15.7 Å². The van der Waals surface area contributed by atoms with Crippen molar-refractivity contribution in [3.63, 3.8) is 0 Å². The zero-order valence-electron chi connectivity index (χ0n) is 17.9. The van der Waals surface area contributed by atoms with E-state index in [1.165, 1.54) is 6.54 Å². The van der Waals surface area contributed by atoms with Crippen LogP contribution >= 0.6 is 0 Å². The van der Waals surface area contributed by atoms with Crippen molar-refractivity contribution in [3.8, 4) is 0 Å². The smallest absolute Gasteiger partial charge is 0.392 e. The van der Waals surface area contributed by atoms with E-state index in [0.29, 0.717) is 5.69 Å². The molecule has 31 heavy (non-hydrogen) atoms. The molecule has 1 aromatic carbocycles. The maximum atomic E-state index is 12.8. The molecule has 2 aromatic rings. The van der Waals surface area contributed by atoms with Crippen LogP contribution in [0.15, 0.2) is 23.0 Å². The van der Waals surface area contributed by atoms with Gasteiger partial charge in [0.05, 0.1) is 22.7 Å². The third kappa shape index (κ3) is 6.51. The highest BCUT2D eigenvalue weighted by Gasteiger charge is 2.31. The van der Waals surface area contributed by atoms with Crippen LogP contribution in [0.1, 0.15) is 50.8 Å². The molecule has 0 saturated carbocycles. The summed E-state index contributed by atoms with van der Waals surface area (Å²) < 4.78 is 39.4. The fourth-order valence-electron chi connectivity index (χ4n) is 3.49. The molecule has 3 rings (SSSR count). The largest absolute Gasteiger partial charge is 0.416 e. The average molecular weight is 442 g/mol. The number of β-amino-alcohol motifs (C(OH)–C–C–N with tert-alkyl or cyclic N) is 1. The van der Waals surface area contributed by atoms with Gasteiger partial charge in [0.1, 0.15) is 6.54 Å². The average Bonchev–Trinajstić information content (AvgIpc) is 2.69. The molecule has 3 N–H and O–H groups in total. The lowest BCUT2D eigenvalue weighted by molar-refractivity contribution is -0.137. The van der Waals surface area contributed by atoms with Crippen LogP contribution < -0.4 is 11.3 Å². The Bertz CT molecular complexity index is 973. The molecule has 1 aromatic heterocycles. The number of carbonyl (C=O) groups is 1. The molecule has 0 spiro atoms. The van der Waals surface area contributed by atoms with Crippen molar-refractivity contribution in [2.45, 2.75) is 58.4 Å². The van der Waals surface area contributed by atoms with Crippen LogP contribution in [0.3, 0.4) is 0 Å². The Labute approximate surface area is 178 Å². The number of piperidine rings is 1. The number of likely N-dealkylation sites (N-methyl/N-ethyl adjacent to an activating group) is 1. The minimum atomic E-state index is -4.51. The fourth-order valence-corrected chi connectivity index (χ4v) is 3.49. The summed E-state index contributed by atoms with van der Waals surface area (Å²) in [5.41, 5.74) is 3.87. The molecule has 0 aliphatic carbocycles. The molecule has 1 aliphatic heterocycles. The Morgan fingerprint density at radius 3 is 2.48 bits per heavy atom. The number of aromatic nitrogens is 2. The standard InChI is InChI=1S/C14H14F3N3O2.C7H15NO/c1-7(2)12-10-5-8(14(15,16)17)3-4-9(10)13(22)20(19-12)6-11(18)21;1-2-8-5-3-4-7(9)6-8/h3-5,7H,6H2,1-2H3,(H2,18,21);7,9H,2-6H2,1H3. The normalized spacial score (nSPS) is 17.5. The number of carbonyl (C=O) groups excluding carboxylic acids is 1. The summed E-state index contributed by atoms with van der Waals surface area (Å²) in [4.78, 5) is 25.5. The van der Waals surface area contributed by atoms with Crippen LogP contribution in [-0.2, 0) is 17.5 Å². The summed E-state index contributed by atoms with van der Waals surface area (Å²) in [5.74, 6) is -0.985. The van der Waals surface area contributed by atoms with Crippen LogP contribution in [0.25, 0.3) is 10.8 Å². The summed E-state index contributed by atoms with van der Waals surface area (Å²) in [6.45, 7) is 8.33. The third-order valence-electron chi connectivity index (χ3n) is 5.10. The lowest BCUT2D eigenvalue weighted by Crippen LogP contribution is -2.37. The van der Waals surface area contributed by atoms with E-state index in [1.807, 2.05) is 0 Å². The SMILES string of the molecule is CC(C)c1nn(CC(N)=O)c(=O)c2ccc(C(F)(F)F)cc12.CCN1CCCC(O)C1. The molecule has 0 radical (unpaired) electrons. The van der Waals surface area contributed by atoms with E-state index in [2.05, 4.69) is 16.9 Å². The number of hydrogen-bond donors (Lipinski definition) is 2. The zero-order valence-corrected chi connectivity index (χ0v) is 17.9. The van der Waals surface area contributed by atoms with Gasteiger partial charge in [-0.25, -0.2) is 4.68 Å². The van der Waals surface area contributed by atoms with Crippen molar-refractivity contribution >= 4 is 16.7 Å². The van der Waals surface area contributed by atoms with E-state index in [1.54, 1.807) is 13.8 Å². The molecule has 10 heteroatoms. The molecule has 0 bridgehead atoms. The van der Waals surface area contributed by atoms with Crippen LogP contribution in [0, 0.1) is 0 Å². The number of nitrogens with two attached hydrogens (primary N) is 1. The maximum absolute atomic E-state index is 12.8. The van der Waals surface area contributed by atoms with Crippen LogP contribution in [-0.4, -0.2) is 51.4 Å². The van der Waals surface area contributed by atoms with Gasteiger partial charge in [0.2, 0.25) is 5.91 Å². The molecule has 1 fully saturated rings. The predicted molar refractivity (Wildman–Crippen MR) is 112 cm³/mol. The molecular formula is C21H29F3N4O3. The highest BCUT2D eigenvalue weighted by atomic mass is 19.4. The Morgan fingerprint density at radius 1 is 1.32 bits per heavy atom. The van der Waals surface area contributed by atoms with Gasteiger partial charge in [-0.15, -0.1) is 0 Å². The molecule has 1 amide bonds. The number of nitrogens with zero attached hydrogens (tertiary/aromatic N) is 3. The molecule has 2 heterocycles.